The molecule has 0 spiro atoms. The molecule has 0 N–H and O–H groups in total. The number of fused-ring (bicyclic) bond motifs is 1. The van der Waals surface area contributed by atoms with Crippen molar-refractivity contribution >= 4 is 16.7 Å². The molecule has 0 unspecified atom stereocenters. The van der Waals surface area contributed by atoms with Gasteiger partial charge >= 0.3 is 0 Å². The van der Waals surface area contributed by atoms with E-state index in [0.29, 0.717) is 5.89 Å². The average Bonchev–Trinajstić information content (AvgIpc) is 2.96. The van der Waals surface area contributed by atoms with Crippen molar-refractivity contribution in [3.63, 3.8) is 0 Å². The Morgan fingerprint density at radius 2 is 1.80 bits per heavy atom. The zero-order valence-electron chi connectivity index (χ0n) is 13.2. The van der Waals surface area contributed by atoms with Gasteiger partial charge in [0.25, 0.3) is 0 Å². The van der Waals surface area contributed by atoms with Crippen molar-refractivity contribution in [3.05, 3.63) is 61.0 Å². The largest absolute Gasteiger partial charge is 0.436 e. The number of para-hydroxylation sites is 2. The number of hydrogen-bond donors (Lipinski definition) is 0. The number of rotatable bonds is 3. The van der Waals surface area contributed by atoms with Gasteiger partial charge in [0, 0.05) is 5.57 Å². The van der Waals surface area contributed by atoms with Gasteiger partial charge in [-0.25, -0.2) is 4.98 Å². The van der Waals surface area contributed by atoms with Crippen molar-refractivity contribution in [2.75, 3.05) is 0 Å². The van der Waals surface area contributed by atoms with E-state index < -0.39 is 0 Å². The molecule has 0 saturated heterocycles. The number of oxazole rings is 1. The molecule has 2 nitrogen and oxygen atoms in total. The van der Waals surface area contributed by atoms with Crippen LogP contribution in [0.4, 0.5) is 0 Å². The van der Waals surface area contributed by atoms with Crippen LogP contribution in [0.5, 0.6) is 0 Å². The number of nitrogens with zero attached hydrogens (tertiary/aromatic N) is 1. The van der Waals surface area contributed by atoms with E-state index in [0.717, 1.165) is 16.7 Å². The second kappa shape index (κ2) is 10.8. The molecule has 1 aromatic carbocycles. The summed E-state index contributed by atoms with van der Waals surface area (Å²) in [6.07, 6.45) is 7.56. The first kappa shape index (κ1) is 17.9. The van der Waals surface area contributed by atoms with Crippen LogP contribution in [0, 0.1) is 0 Å². The molecule has 0 radical (unpaired) electrons. The van der Waals surface area contributed by atoms with E-state index in [2.05, 4.69) is 11.6 Å². The van der Waals surface area contributed by atoms with Crippen molar-refractivity contribution in [3.8, 4) is 0 Å². The van der Waals surface area contributed by atoms with Crippen LogP contribution in [0.2, 0.25) is 0 Å². The third-order valence-corrected chi connectivity index (χ3v) is 2.23. The van der Waals surface area contributed by atoms with Gasteiger partial charge in [0.2, 0.25) is 5.89 Å². The lowest BCUT2D eigenvalue weighted by atomic mass is 10.2. The number of benzene rings is 1. The van der Waals surface area contributed by atoms with Crippen LogP contribution in [0.25, 0.3) is 16.7 Å². The Hall–Kier alpha value is -2.09. The standard InChI is InChI=1S/C14H13NO.2C2H6/c1-3-5-8-11(4-2)14-15-12-9-6-7-10-13(12)16-14;2*1-2/h3-10H,2H2,1H3;2*1-2H3/b5-3-,11-8+;;. The van der Waals surface area contributed by atoms with Crippen molar-refractivity contribution in [1.29, 1.82) is 0 Å². The molecule has 0 aliphatic rings. The van der Waals surface area contributed by atoms with E-state index in [-0.39, 0.29) is 0 Å². The normalized spacial score (nSPS) is 10.6. The minimum Gasteiger partial charge on any atom is -0.436 e. The van der Waals surface area contributed by atoms with E-state index in [1.165, 1.54) is 0 Å². The fourth-order valence-corrected chi connectivity index (χ4v) is 1.42. The van der Waals surface area contributed by atoms with Crippen molar-refractivity contribution in [2.45, 2.75) is 34.6 Å². The SMILES string of the molecule is C=C/C(=C\C=C/C)c1nc2ccccc2o1.CC.CC. The molecule has 0 atom stereocenters. The van der Waals surface area contributed by atoms with Gasteiger partial charge in [-0.15, -0.1) is 0 Å². The molecule has 1 aromatic heterocycles. The van der Waals surface area contributed by atoms with Gasteiger partial charge in [0.1, 0.15) is 5.52 Å². The van der Waals surface area contributed by atoms with Crippen LogP contribution < -0.4 is 0 Å². The molecule has 1 heterocycles. The summed E-state index contributed by atoms with van der Waals surface area (Å²) in [5.41, 5.74) is 2.55. The number of aromatic nitrogens is 1. The molecule has 2 aromatic rings. The third kappa shape index (κ3) is 4.88. The van der Waals surface area contributed by atoms with E-state index in [1.807, 2.05) is 77.1 Å². The van der Waals surface area contributed by atoms with Gasteiger partial charge in [-0.05, 0) is 25.1 Å². The highest BCUT2D eigenvalue weighted by molar-refractivity contribution is 5.78. The zero-order chi connectivity index (χ0) is 15.4. The fourth-order valence-electron chi connectivity index (χ4n) is 1.42. The lowest BCUT2D eigenvalue weighted by Gasteiger charge is -1.91. The summed E-state index contributed by atoms with van der Waals surface area (Å²) in [5.74, 6) is 0.606. The maximum Gasteiger partial charge on any atom is 0.227 e. The summed E-state index contributed by atoms with van der Waals surface area (Å²) >= 11 is 0. The molecule has 0 aliphatic heterocycles. The van der Waals surface area contributed by atoms with Crippen LogP contribution in [0.3, 0.4) is 0 Å². The lowest BCUT2D eigenvalue weighted by Crippen LogP contribution is -1.78. The minimum atomic E-state index is 0.606. The van der Waals surface area contributed by atoms with E-state index in [1.54, 1.807) is 6.08 Å². The van der Waals surface area contributed by atoms with Gasteiger partial charge in [0.05, 0.1) is 0 Å². The molecular weight excluding hydrogens is 246 g/mol. The Morgan fingerprint density at radius 1 is 1.15 bits per heavy atom. The summed E-state index contributed by atoms with van der Waals surface area (Å²) in [7, 11) is 0. The minimum absolute atomic E-state index is 0.606. The zero-order valence-corrected chi connectivity index (χ0v) is 13.2. The highest BCUT2D eigenvalue weighted by Crippen LogP contribution is 2.21. The summed E-state index contributed by atoms with van der Waals surface area (Å²) in [5, 5.41) is 0. The molecule has 108 valence electrons. The quantitative estimate of drug-likeness (QED) is 0.637. The Morgan fingerprint density at radius 3 is 2.35 bits per heavy atom. The Kier molecular flexibility index (Phi) is 9.67. The van der Waals surface area contributed by atoms with Crippen LogP contribution in [-0.4, -0.2) is 4.98 Å². The number of allylic oxidation sites excluding steroid dienone is 5. The highest BCUT2D eigenvalue weighted by atomic mass is 16.3. The molecule has 0 amide bonds. The summed E-state index contributed by atoms with van der Waals surface area (Å²) in [6.45, 7) is 13.7. The molecule has 0 saturated carbocycles. The Labute approximate surface area is 122 Å². The van der Waals surface area contributed by atoms with Crippen LogP contribution in [0.15, 0.2) is 59.6 Å². The molecule has 0 fully saturated rings. The van der Waals surface area contributed by atoms with Crippen molar-refractivity contribution < 1.29 is 4.42 Å². The highest BCUT2D eigenvalue weighted by Gasteiger charge is 2.06. The van der Waals surface area contributed by atoms with Crippen LogP contribution in [-0.2, 0) is 0 Å². The van der Waals surface area contributed by atoms with Gasteiger partial charge in [0.15, 0.2) is 5.58 Å². The predicted molar refractivity (Wildman–Crippen MR) is 89.7 cm³/mol. The predicted octanol–water partition coefficient (Wildman–Crippen LogP) is 6.03. The topological polar surface area (TPSA) is 26.0 Å². The summed E-state index contributed by atoms with van der Waals surface area (Å²) in [4.78, 5) is 4.40. The third-order valence-electron chi connectivity index (χ3n) is 2.23. The fraction of sp³-hybridized carbons (Fsp3) is 0.278. The average molecular weight is 271 g/mol. The van der Waals surface area contributed by atoms with E-state index in [4.69, 9.17) is 4.42 Å². The lowest BCUT2D eigenvalue weighted by molar-refractivity contribution is 0.586. The molecule has 2 heteroatoms. The second-order valence-electron chi connectivity index (χ2n) is 3.34. The molecule has 0 aliphatic carbocycles. The maximum absolute atomic E-state index is 5.63. The number of hydrogen-bond acceptors (Lipinski definition) is 2. The van der Waals surface area contributed by atoms with Crippen molar-refractivity contribution in [1.82, 2.24) is 4.98 Å². The van der Waals surface area contributed by atoms with Gasteiger partial charge in [-0.3, -0.25) is 0 Å². The monoisotopic (exact) mass is 271 g/mol. The Balaban J connectivity index is 0.000000829. The first-order valence-electron chi connectivity index (χ1n) is 7.16. The van der Waals surface area contributed by atoms with Gasteiger partial charge < -0.3 is 4.42 Å². The molecule has 0 bridgehead atoms. The first-order valence-corrected chi connectivity index (χ1v) is 7.16. The van der Waals surface area contributed by atoms with Gasteiger partial charge in [-0.2, -0.15) is 0 Å². The van der Waals surface area contributed by atoms with E-state index in [9.17, 15) is 0 Å². The van der Waals surface area contributed by atoms with E-state index >= 15 is 0 Å². The van der Waals surface area contributed by atoms with Crippen LogP contribution in [0.1, 0.15) is 40.5 Å². The summed E-state index contributed by atoms with van der Waals surface area (Å²) < 4.78 is 5.63. The molecule has 20 heavy (non-hydrogen) atoms. The van der Waals surface area contributed by atoms with Gasteiger partial charge in [-0.1, -0.05) is 64.6 Å². The van der Waals surface area contributed by atoms with Crippen molar-refractivity contribution in [2.24, 2.45) is 0 Å². The smallest absolute Gasteiger partial charge is 0.227 e. The maximum atomic E-state index is 5.63. The first-order chi connectivity index (χ1) is 9.85. The molecule has 2 rings (SSSR count). The van der Waals surface area contributed by atoms with Crippen LogP contribution >= 0.6 is 0 Å². The Bertz CT molecular complexity index is 529. The summed E-state index contributed by atoms with van der Waals surface area (Å²) in [6, 6.07) is 7.71. The second-order valence-corrected chi connectivity index (χ2v) is 3.34. The molecular formula is C18H25NO.